The normalized spacial score (nSPS) is 23.4. The molecule has 1 saturated carbocycles. The van der Waals surface area contributed by atoms with Crippen LogP contribution in [0.3, 0.4) is 0 Å². The van der Waals surface area contributed by atoms with Crippen LogP contribution in [-0.4, -0.2) is 37.7 Å². The Hall–Kier alpha value is -1.35. The highest BCUT2D eigenvalue weighted by molar-refractivity contribution is 7.88. The number of amides is 1. The van der Waals surface area contributed by atoms with Crippen LogP contribution >= 0.6 is 0 Å². The van der Waals surface area contributed by atoms with Crippen LogP contribution in [0.25, 0.3) is 0 Å². The molecule has 0 aromatic rings. The first kappa shape index (κ1) is 16.7. The van der Waals surface area contributed by atoms with Gasteiger partial charge in [0.1, 0.15) is 0 Å². The Morgan fingerprint density at radius 2 is 1.75 bits per heavy atom. The average Bonchev–Trinajstić information content (AvgIpc) is 2.26. The van der Waals surface area contributed by atoms with Crippen molar-refractivity contribution in [1.29, 1.82) is 0 Å². The van der Waals surface area contributed by atoms with Gasteiger partial charge in [0, 0.05) is 6.04 Å². The van der Waals surface area contributed by atoms with E-state index in [-0.39, 0.29) is 6.04 Å². The predicted octanol–water partition coefficient (Wildman–Crippen LogP) is 0.599. The summed E-state index contributed by atoms with van der Waals surface area (Å²) in [6, 6.07) is -0.366. The zero-order chi connectivity index (χ0) is 15.3. The molecule has 1 amide bonds. The third-order valence-corrected chi connectivity index (χ3v) is 4.04. The van der Waals surface area contributed by atoms with Crippen molar-refractivity contribution in [2.24, 2.45) is 5.92 Å². The Morgan fingerprint density at radius 1 is 1.20 bits per heavy atom. The van der Waals surface area contributed by atoms with Crippen LogP contribution in [0.2, 0.25) is 0 Å². The maximum Gasteiger partial charge on any atom is 0.422 e. The Morgan fingerprint density at radius 3 is 2.20 bits per heavy atom. The quantitative estimate of drug-likeness (QED) is 0.683. The van der Waals surface area contributed by atoms with Gasteiger partial charge in [-0.05, 0) is 39.5 Å². The van der Waals surface area contributed by atoms with E-state index in [4.69, 9.17) is 5.11 Å². The molecule has 1 fully saturated rings. The first-order chi connectivity index (χ1) is 9.19. The molecule has 0 bridgehead atoms. The first-order valence-electron chi connectivity index (χ1n) is 6.43. The fourth-order valence-corrected chi connectivity index (χ4v) is 3.06. The third kappa shape index (κ3) is 5.74. The van der Waals surface area contributed by atoms with Crippen LogP contribution in [0.4, 0.5) is 4.79 Å². The molecule has 0 aromatic heterocycles. The molecular weight excluding hydrogens is 288 g/mol. The molecular formula is C11H20N2O6S. The summed E-state index contributed by atoms with van der Waals surface area (Å²) in [6.07, 6.45) is 0.231. The van der Waals surface area contributed by atoms with Gasteiger partial charge in [0.05, 0.1) is 12.0 Å². The highest BCUT2D eigenvalue weighted by Crippen LogP contribution is 2.24. The standard InChI is InChI=1S/C11H20N2O6S/c1-7(2)19-11(16)13-20(17,18)12-9-5-3-8(4-6-9)10(14)15/h7-9,12H,3-6H2,1-2H3,(H,13,16)(H,14,15). The highest BCUT2D eigenvalue weighted by Gasteiger charge is 2.29. The van der Waals surface area contributed by atoms with Crippen molar-refractivity contribution in [2.45, 2.75) is 51.7 Å². The summed E-state index contributed by atoms with van der Waals surface area (Å²) in [5.41, 5.74) is 0. The second-order valence-electron chi connectivity index (χ2n) is 5.06. The average molecular weight is 308 g/mol. The molecule has 0 radical (unpaired) electrons. The summed E-state index contributed by atoms with van der Waals surface area (Å²) < 4.78 is 32.1. The smallest absolute Gasteiger partial charge is 0.422 e. The molecule has 0 aromatic carbocycles. The summed E-state index contributed by atoms with van der Waals surface area (Å²) in [4.78, 5) is 22.0. The molecule has 1 rings (SSSR count). The van der Waals surface area contributed by atoms with E-state index in [1.807, 2.05) is 0 Å². The minimum atomic E-state index is -3.99. The number of aliphatic carboxylic acids is 1. The number of carboxylic acid groups (broad SMARTS) is 1. The van der Waals surface area contributed by atoms with E-state index in [0.717, 1.165) is 0 Å². The van der Waals surface area contributed by atoms with Gasteiger partial charge in [-0.3, -0.25) is 4.79 Å². The Balaban J connectivity index is 2.44. The summed E-state index contributed by atoms with van der Waals surface area (Å²) in [5.74, 6) is -1.28. The van der Waals surface area contributed by atoms with Gasteiger partial charge in [-0.2, -0.15) is 13.1 Å². The molecule has 0 heterocycles. The highest BCUT2D eigenvalue weighted by atomic mass is 32.2. The number of rotatable bonds is 5. The van der Waals surface area contributed by atoms with Gasteiger partial charge in [-0.15, -0.1) is 0 Å². The number of ether oxygens (including phenoxy) is 1. The van der Waals surface area contributed by atoms with Crippen molar-refractivity contribution in [3.8, 4) is 0 Å². The second-order valence-corrected chi connectivity index (χ2v) is 6.51. The van der Waals surface area contributed by atoms with Gasteiger partial charge in [0.2, 0.25) is 0 Å². The molecule has 0 spiro atoms. The third-order valence-electron chi connectivity index (χ3n) is 2.96. The Bertz CT molecular complexity index is 454. The van der Waals surface area contributed by atoms with Crippen molar-refractivity contribution >= 4 is 22.3 Å². The topological polar surface area (TPSA) is 122 Å². The molecule has 0 unspecified atom stereocenters. The molecule has 0 saturated heterocycles. The van der Waals surface area contributed by atoms with E-state index in [0.29, 0.717) is 25.7 Å². The number of hydrogen-bond acceptors (Lipinski definition) is 5. The van der Waals surface area contributed by atoms with Crippen molar-refractivity contribution in [3.63, 3.8) is 0 Å². The lowest BCUT2D eigenvalue weighted by Crippen LogP contribution is -2.47. The van der Waals surface area contributed by atoms with E-state index >= 15 is 0 Å². The van der Waals surface area contributed by atoms with Gasteiger partial charge >= 0.3 is 22.3 Å². The van der Waals surface area contributed by atoms with Crippen molar-refractivity contribution < 1.29 is 27.9 Å². The molecule has 1 aliphatic rings. The van der Waals surface area contributed by atoms with E-state index in [1.165, 1.54) is 0 Å². The molecule has 116 valence electrons. The predicted molar refractivity (Wildman–Crippen MR) is 70.2 cm³/mol. The van der Waals surface area contributed by atoms with E-state index in [2.05, 4.69) is 9.46 Å². The van der Waals surface area contributed by atoms with Gasteiger partial charge in [0.15, 0.2) is 0 Å². The number of carbonyl (C=O) groups excluding carboxylic acids is 1. The minimum Gasteiger partial charge on any atom is -0.481 e. The lowest BCUT2D eigenvalue weighted by atomic mass is 9.87. The molecule has 0 atom stereocenters. The summed E-state index contributed by atoms with van der Waals surface area (Å²) >= 11 is 0. The molecule has 20 heavy (non-hydrogen) atoms. The van der Waals surface area contributed by atoms with Crippen molar-refractivity contribution in [3.05, 3.63) is 0 Å². The van der Waals surface area contributed by atoms with Crippen molar-refractivity contribution in [2.75, 3.05) is 0 Å². The lowest BCUT2D eigenvalue weighted by Gasteiger charge is -2.26. The molecule has 9 heteroatoms. The number of carbonyl (C=O) groups is 2. The molecule has 1 aliphatic carbocycles. The van der Waals surface area contributed by atoms with Crippen LogP contribution in [-0.2, 0) is 19.7 Å². The summed E-state index contributed by atoms with van der Waals surface area (Å²) in [6.45, 7) is 3.21. The fourth-order valence-electron chi connectivity index (χ4n) is 2.05. The number of carboxylic acids is 1. The maximum atomic E-state index is 11.7. The van der Waals surface area contributed by atoms with Gasteiger partial charge in [0.25, 0.3) is 0 Å². The number of nitrogens with one attached hydrogen (secondary N) is 2. The fraction of sp³-hybridized carbons (Fsp3) is 0.818. The SMILES string of the molecule is CC(C)OC(=O)NS(=O)(=O)NC1CCC(C(=O)O)CC1. The van der Waals surface area contributed by atoms with Crippen molar-refractivity contribution in [1.82, 2.24) is 9.44 Å². The molecule has 0 aliphatic heterocycles. The summed E-state index contributed by atoms with van der Waals surface area (Å²) in [7, 11) is -3.99. The monoisotopic (exact) mass is 308 g/mol. The Kier molecular flexibility index (Phi) is 5.75. The van der Waals surface area contributed by atoms with E-state index in [1.54, 1.807) is 18.6 Å². The number of hydrogen-bond donors (Lipinski definition) is 3. The van der Waals surface area contributed by atoms with Crippen LogP contribution in [0, 0.1) is 5.92 Å². The van der Waals surface area contributed by atoms with Crippen LogP contribution in [0.5, 0.6) is 0 Å². The van der Waals surface area contributed by atoms with Gasteiger partial charge in [-0.1, -0.05) is 0 Å². The molecule has 8 nitrogen and oxygen atoms in total. The van der Waals surface area contributed by atoms with Crippen LogP contribution in [0.1, 0.15) is 39.5 Å². The largest absolute Gasteiger partial charge is 0.481 e. The first-order valence-corrected chi connectivity index (χ1v) is 7.91. The van der Waals surface area contributed by atoms with Crippen LogP contribution < -0.4 is 9.44 Å². The van der Waals surface area contributed by atoms with E-state index in [9.17, 15) is 18.0 Å². The maximum absolute atomic E-state index is 11.7. The zero-order valence-corrected chi connectivity index (χ0v) is 12.3. The molecule has 3 N–H and O–H groups in total. The minimum absolute atomic E-state index is 0.366. The Labute approximate surface area is 118 Å². The van der Waals surface area contributed by atoms with E-state index < -0.39 is 34.3 Å². The lowest BCUT2D eigenvalue weighted by molar-refractivity contribution is -0.142. The van der Waals surface area contributed by atoms with Gasteiger partial charge < -0.3 is 9.84 Å². The van der Waals surface area contributed by atoms with Gasteiger partial charge in [-0.25, -0.2) is 9.52 Å². The summed E-state index contributed by atoms with van der Waals surface area (Å²) in [5, 5.41) is 8.85. The van der Waals surface area contributed by atoms with Crippen LogP contribution in [0.15, 0.2) is 0 Å². The zero-order valence-electron chi connectivity index (χ0n) is 11.5. The second kappa shape index (κ2) is 6.89.